The van der Waals surface area contributed by atoms with Crippen molar-refractivity contribution in [2.75, 3.05) is 36.0 Å². The van der Waals surface area contributed by atoms with Crippen molar-refractivity contribution in [3.8, 4) is 0 Å². The van der Waals surface area contributed by atoms with Crippen molar-refractivity contribution in [3.05, 3.63) is 25.0 Å². The number of hydrogen-bond donors (Lipinski definition) is 0. The zero-order valence-corrected chi connectivity index (χ0v) is 12.7. The highest BCUT2D eigenvalue weighted by Crippen LogP contribution is 2.26. The first kappa shape index (κ1) is 13.5. The molecule has 2 saturated heterocycles. The molecule has 2 aliphatic heterocycles. The van der Waals surface area contributed by atoms with E-state index in [1.54, 1.807) is 12.7 Å². The van der Waals surface area contributed by atoms with Crippen molar-refractivity contribution in [3.63, 3.8) is 0 Å². The van der Waals surface area contributed by atoms with Crippen LogP contribution in [-0.4, -0.2) is 50.9 Å². The Hall–Kier alpha value is -2.18. The molecule has 4 heterocycles. The number of nitrogens with zero attached hydrogens (tertiary/aromatic N) is 7. The summed E-state index contributed by atoms with van der Waals surface area (Å²) < 4.78 is 1.98. The van der Waals surface area contributed by atoms with Crippen LogP contribution in [0, 0.1) is 0 Å². The summed E-state index contributed by atoms with van der Waals surface area (Å²) in [6.07, 6.45) is 9.81. The SMILES string of the molecule is c1nc(N2CCCC2)cc(N2CCC(n3cncn3)CC2)n1. The monoisotopic (exact) mass is 299 g/mol. The molecule has 0 unspecified atom stereocenters. The lowest BCUT2D eigenvalue weighted by atomic mass is 10.1. The average molecular weight is 299 g/mol. The van der Waals surface area contributed by atoms with Gasteiger partial charge in [0.1, 0.15) is 30.6 Å². The molecular formula is C15H21N7. The van der Waals surface area contributed by atoms with Crippen molar-refractivity contribution < 1.29 is 0 Å². The van der Waals surface area contributed by atoms with E-state index in [0.29, 0.717) is 6.04 Å². The molecule has 7 nitrogen and oxygen atoms in total. The maximum Gasteiger partial charge on any atom is 0.137 e. The normalized spacial score (nSPS) is 19.8. The molecule has 0 saturated carbocycles. The highest BCUT2D eigenvalue weighted by atomic mass is 15.3. The third kappa shape index (κ3) is 2.63. The first-order valence-corrected chi connectivity index (χ1v) is 8.06. The van der Waals surface area contributed by atoms with E-state index in [1.807, 2.05) is 11.0 Å². The van der Waals surface area contributed by atoms with E-state index >= 15 is 0 Å². The molecule has 2 fully saturated rings. The number of hydrogen-bond acceptors (Lipinski definition) is 6. The van der Waals surface area contributed by atoms with Crippen molar-refractivity contribution >= 4 is 11.6 Å². The van der Waals surface area contributed by atoms with E-state index in [9.17, 15) is 0 Å². The standard InChI is InChI=1S/C15H21N7/c1-2-6-20(5-1)14-9-15(18-11-17-14)21-7-3-13(4-8-21)22-12-16-10-19-22/h9-13H,1-8H2. The summed E-state index contributed by atoms with van der Waals surface area (Å²) in [5, 5.41) is 4.26. The third-order valence-corrected chi connectivity index (χ3v) is 4.67. The van der Waals surface area contributed by atoms with Crippen molar-refractivity contribution in [1.29, 1.82) is 0 Å². The second-order valence-electron chi connectivity index (χ2n) is 6.02. The Morgan fingerprint density at radius 1 is 0.864 bits per heavy atom. The van der Waals surface area contributed by atoms with Crippen LogP contribution in [0.2, 0.25) is 0 Å². The zero-order valence-electron chi connectivity index (χ0n) is 12.7. The summed E-state index contributed by atoms with van der Waals surface area (Å²) in [6, 6.07) is 2.60. The summed E-state index contributed by atoms with van der Waals surface area (Å²) in [4.78, 5) is 17.7. The highest BCUT2D eigenvalue weighted by molar-refractivity contribution is 5.50. The quantitative estimate of drug-likeness (QED) is 0.856. The minimum Gasteiger partial charge on any atom is -0.356 e. The minimum atomic E-state index is 0.457. The zero-order chi connectivity index (χ0) is 14.8. The molecular weight excluding hydrogens is 278 g/mol. The maximum atomic E-state index is 4.48. The van der Waals surface area contributed by atoms with Crippen molar-refractivity contribution in [2.24, 2.45) is 0 Å². The number of anilines is 2. The van der Waals surface area contributed by atoms with Gasteiger partial charge in [-0.15, -0.1) is 0 Å². The van der Waals surface area contributed by atoms with Gasteiger partial charge in [0.2, 0.25) is 0 Å². The molecule has 2 aliphatic rings. The van der Waals surface area contributed by atoms with Gasteiger partial charge >= 0.3 is 0 Å². The van der Waals surface area contributed by atoms with E-state index in [-0.39, 0.29) is 0 Å². The van der Waals surface area contributed by atoms with Gasteiger partial charge in [-0.1, -0.05) is 0 Å². The fraction of sp³-hybridized carbons (Fsp3) is 0.600. The number of rotatable bonds is 3. The lowest BCUT2D eigenvalue weighted by Gasteiger charge is -2.33. The average Bonchev–Trinajstić information content (AvgIpc) is 3.29. The van der Waals surface area contributed by atoms with Crippen LogP contribution in [0.4, 0.5) is 11.6 Å². The fourth-order valence-corrected chi connectivity index (χ4v) is 3.39. The van der Waals surface area contributed by atoms with Gasteiger partial charge in [-0.3, -0.25) is 0 Å². The number of aromatic nitrogens is 5. The molecule has 116 valence electrons. The van der Waals surface area contributed by atoms with E-state index in [2.05, 4.69) is 35.9 Å². The van der Waals surface area contributed by atoms with Crippen LogP contribution >= 0.6 is 0 Å². The summed E-state index contributed by atoms with van der Waals surface area (Å²) in [5.74, 6) is 2.12. The molecule has 7 heteroatoms. The van der Waals surface area contributed by atoms with Crippen LogP contribution < -0.4 is 9.80 Å². The minimum absolute atomic E-state index is 0.457. The molecule has 2 aromatic heterocycles. The van der Waals surface area contributed by atoms with Crippen LogP contribution in [0.5, 0.6) is 0 Å². The third-order valence-electron chi connectivity index (χ3n) is 4.67. The van der Waals surface area contributed by atoms with Gasteiger partial charge in [-0.25, -0.2) is 19.6 Å². The van der Waals surface area contributed by atoms with Gasteiger partial charge in [0, 0.05) is 32.2 Å². The summed E-state index contributed by atoms with van der Waals surface area (Å²) in [7, 11) is 0. The van der Waals surface area contributed by atoms with Gasteiger partial charge in [0.25, 0.3) is 0 Å². The predicted molar refractivity (Wildman–Crippen MR) is 84.0 cm³/mol. The Labute approximate surface area is 130 Å². The Kier molecular flexibility index (Phi) is 3.62. The van der Waals surface area contributed by atoms with Crippen LogP contribution in [0.25, 0.3) is 0 Å². The second kappa shape index (κ2) is 5.90. The van der Waals surface area contributed by atoms with Gasteiger partial charge in [0.05, 0.1) is 6.04 Å². The van der Waals surface area contributed by atoms with Gasteiger partial charge in [-0.05, 0) is 25.7 Å². The van der Waals surface area contributed by atoms with Gasteiger partial charge in [0.15, 0.2) is 0 Å². The first-order chi connectivity index (χ1) is 10.9. The number of piperidine rings is 1. The molecule has 4 rings (SSSR count). The fourth-order valence-electron chi connectivity index (χ4n) is 3.39. The molecule has 0 N–H and O–H groups in total. The van der Waals surface area contributed by atoms with E-state index in [1.165, 1.54) is 12.8 Å². The van der Waals surface area contributed by atoms with E-state index < -0.39 is 0 Å². The molecule has 0 radical (unpaired) electrons. The topological polar surface area (TPSA) is 63.0 Å². The van der Waals surface area contributed by atoms with Gasteiger partial charge < -0.3 is 9.80 Å². The molecule has 2 aromatic rings. The van der Waals surface area contributed by atoms with E-state index in [0.717, 1.165) is 50.7 Å². The predicted octanol–water partition coefficient (Wildman–Crippen LogP) is 1.51. The first-order valence-electron chi connectivity index (χ1n) is 8.06. The maximum absolute atomic E-state index is 4.48. The van der Waals surface area contributed by atoms with Crippen LogP contribution in [0.15, 0.2) is 25.0 Å². The van der Waals surface area contributed by atoms with Crippen LogP contribution in [-0.2, 0) is 0 Å². The molecule has 0 atom stereocenters. The van der Waals surface area contributed by atoms with Gasteiger partial charge in [-0.2, -0.15) is 5.10 Å². The summed E-state index contributed by atoms with van der Waals surface area (Å²) in [5.41, 5.74) is 0. The summed E-state index contributed by atoms with van der Waals surface area (Å²) in [6.45, 7) is 4.23. The lowest BCUT2D eigenvalue weighted by Crippen LogP contribution is -2.35. The smallest absolute Gasteiger partial charge is 0.137 e. The molecule has 0 spiro atoms. The molecule has 22 heavy (non-hydrogen) atoms. The molecule has 0 bridgehead atoms. The molecule has 0 aliphatic carbocycles. The Morgan fingerprint density at radius 2 is 1.55 bits per heavy atom. The summed E-state index contributed by atoms with van der Waals surface area (Å²) >= 11 is 0. The van der Waals surface area contributed by atoms with E-state index in [4.69, 9.17) is 0 Å². The largest absolute Gasteiger partial charge is 0.356 e. The Morgan fingerprint density at radius 3 is 2.18 bits per heavy atom. The van der Waals surface area contributed by atoms with Crippen LogP contribution in [0.3, 0.4) is 0 Å². The Balaban J connectivity index is 1.43. The lowest BCUT2D eigenvalue weighted by molar-refractivity contribution is 0.365. The van der Waals surface area contributed by atoms with Crippen molar-refractivity contribution in [1.82, 2.24) is 24.7 Å². The second-order valence-corrected chi connectivity index (χ2v) is 6.02. The van der Waals surface area contributed by atoms with Crippen molar-refractivity contribution in [2.45, 2.75) is 31.7 Å². The molecule has 0 aromatic carbocycles. The van der Waals surface area contributed by atoms with Crippen LogP contribution in [0.1, 0.15) is 31.7 Å². The molecule has 0 amide bonds. The Bertz CT molecular complexity index is 598. The highest BCUT2D eigenvalue weighted by Gasteiger charge is 2.23.